The van der Waals surface area contributed by atoms with Gasteiger partial charge in [0.15, 0.2) is 0 Å². The minimum absolute atomic E-state index is 0.230. The van der Waals surface area contributed by atoms with Crippen molar-refractivity contribution in [1.82, 2.24) is 0 Å². The predicted molar refractivity (Wildman–Crippen MR) is 105 cm³/mol. The summed E-state index contributed by atoms with van der Waals surface area (Å²) in [4.78, 5) is 36.0. The summed E-state index contributed by atoms with van der Waals surface area (Å²) in [6.07, 6.45) is 2.09. The molecule has 0 aliphatic rings. The van der Waals surface area contributed by atoms with Gasteiger partial charge in [0.1, 0.15) is 12.0 Å². The molecule has 2 rings (SSSR count). The summed E-state index contributed by atoms with van der Waals surface area (Å²) in [6, 6.07) is 9.61. The Morgan fingerprint density at radius 3 is 1.93 bits per heavy atom. The third-order valence-corrected chi connectivity index (χ3v) is 3.95. The van der Waals surface area contributed by atoms with Crippen LogP contribution in [0, 0.1) is 0 Å². The van der Waals surface area contributed by atoms with Crippen LogP contribution in [0.3, 0.4) is 0 Å². The summed E-state index contributed by atoms with van der Waals surface area (Å²) in [6.45, 7) is 4.35. The van der Waals surface area contributed by atoms with Crippen LogP contribution in [-0.2, 0) is 9.47 Å². The molecule has 0 radical (unpaired) electrons. The van der Waals surface area contributed by atoms with E-state index in [1.807, 2.05) is 13.8 Å². The van der Waals surface area contributed by atoms with Gasteiger partial charge in [-0.3, -0.25) is 4.79 Å². The number of ether oxygens (including phenoxy) is 3. The average molecular weight is 384 g/mol. The van der Waals surface area contributed by atoms with Gasteiger partial charge in [-0.25, -0.2) is 9.59 Å². The third-order valence-electron chi connectivity index (χ3n) is 3.95. The fourth-order valence-electron chi connectivity index (χ4n) is 2.60. The van der Waals surface area contributed by atoms with Crippen molar-refractivity contribution in [3.8, 4) is 16.9 Å². The van der Waals surface area contributed by atoms with Crippen LogP contribution in [0.4, 0.5) is 0 Å². The molecule has 0 heterocycles. The van der Waals surface area contributed by atoms with Crippen LogP contribution in [-0.4, -0.2) is 38.5 Å². The Labute approximate surface area is 164 Å². The fraction of sp³-hybridized carbons (Fsp3) is 0.318. The normalized spacial score (nSPS) is 10.2. The van der Waals surface area contributed by atoms with Crippen LogP contribution in [0.2, 0.25) is 0 Å². The number of benzene rings is 2. The first-order chi connectivity index (χ1) is 13.5. The summed E-state index contributed by atoms with van der Waals surface area (Å²) in [7, 11) is 1.51. The molecular formula is C22H24O6. The quantitative estimate of drug-likeness (QED) is 0.473. The van der Waals surface area contributed by atoms with Gasteiger partial charge in [-0.1, -0.05) is 13.8 Å². The second kappa shape index (κ2) is 10.3. The van der Waals surface area contributed by atoms with E-state index >= 15 is 0 Å². The van der Waals surface area contributed by atoms with Crippen LogP contribution >= 0.6 is 0 Å². The van der Waals surface area contributed by atoms with E-state index in [1.165, 1.54) is 13.2 Å². The lowest BCUT2D eigenvalue weighted by Crippen LogP contribution is -2.10. The average Bonchev–Trinajstić information content (AvgIpc) is 2.74. The predicted octanol–water partition coefficient (Wildman–Crippen LogP) is 4.31. The molecular weight excluding hydrogens is 360 g/mol. The summed E-state index contributed by atoms with van der Waals surface area (Å²) < 4.78 is 15.8. The molecule has 28 heavy (non-hydrogen) atoms. The van der Waals surface area contributed by atoms with Gasteiger partial charge in [-0.2, -0.15) is 0 Å². The maximum atomic E-state index is 12.4. The lowest BCUT2D eigenvalue weighted by molar-refractivity contribution is 0.0503. The van der Waals surface area contributed by atoms with E-state index in [-0.39, 0.29) is 24.3 Å². The van der Waals surface area contributed by atoms with Crippen molar-refractivity contribution in [1.29, 1.82) is 0 Å². The van der Waals surface area contributed by atoms with E-state index in [4.69, 9.17) is 14.2 Å². The summed E-state index contributed by atoms with van der Waals surface area (Å²) in [5.41, 5.74) is 2.04. The van der Waals surface area contributed by atoms with Gasteiger partial charge in [-0.05, 0) is 54.8 Å². The fourth-order valence-corrected chi connectivity index (χ4v) is 2.60. The molecule has 2 aromatic carbocycles. The number of methoxy groups -OCH3 is 1. The minimum Gasteiger partial charge on any atom is -0.496 e. The highest BCUT2D eigenvalue weighted by Crippen LogP contribution is 2.32. The monoisotopic (exact) mass is 384 g/mol. The highest BCUT2D eigenvalue weighted by molar-refractivity contribution is 5.98. The molecule has 0 fully saturated rings. The lowest BCUT2D eigenvalue weighted by Gasteiger charge is -2.13. The van der Waals surface area contributed by atoms with Gasteiger partial charge in [0.25, 0.3) is 0 Å². The second-order valence-corrected chi connectivity index (χ2v) is 6.15. The molecule has 0 aliphatic heterocycles. The largest absolute Gasteiger partial charge is 0.496 e. The number of rotatable bonds is 9. The zero-order valence-corrected chi connectivity index (χ0v) is 16.3. The molecule has 0 aliphatic carbocycles. The molecule has 0 aromatic heterocycles. The smallest absolute Gasteiger partial charge is 0.338 e. The molecule has 0 amide bonds. The van der Waals surface area contributed by atoms with Crippen molar-refractivity contribution in [3.05, 3.63) is 53.1 Å². The second-order valence-electron chi connectivity index (χ2n) is 6.15. The van der Waals surface area contributed by atoms with E-state index in [2.05, 4.69) is 0 Å². The van der Waals surface area contributed by atoms with Crippen LogP contribution < -0.4 is 4.74 Å². The molecule has 0 unspecified atom stereocenters. The van der Waals surface area contributed by atoms with E-state index in [1.54, 1.807) is 30.3 Å². The van der Waals surface area contributed by atoms with Crippen LogP contribution in [0.15, 0.2) is 36.4 Å². The number of hydrogen-bond acceptors (Lipinski definition) is 6. The zero-order chi connectivity index (χ0) is 20.5. The molecule has 6 heteroatoms. The topological polar surface area (TPSA) is 78.9 Å². The van der Waals surface area contributed by atoms with Gasteiger partial charge in [0, 0.05) is 11.1 Å². The van der Waals surface area contributed by atoms with Crippen molar-refractivity contribution in [2.45, 2.75) is 26.7 Å². The maximum absolute atomic E-state index is 12.4. The summed E-state index contributed by atoms with van der Waals surface area (Å²) in [5.74, 6) is -0.546. The summed E-state index contributed by atoms with van der Waals surface area (Å²) >= 11 is 0. The van der Waals surface area contributed by atoms with E-state index in [0.717, 1.165) is 6.29 Å². The van der Waals surface area contributed by atoms with Crippen LogP contribution in [0.25, 0.3) is 11.1 Å². The first-order valence-corrected chi connectivity index (χ1v) is 9.16. The number of carbonyl (C=O) groups excluding carboxylic acids is 3. The van der Waals surface area contributed by atoms with Crippen molar-refractivity contribution in [3.63, 3.8) is 0 Å². The van der Waals surface area contributed by atoms with Gasteiger partial charge in [0.05, 0.1) is 31.5 Å². The standard InChI is InChI=1S/C22H24O6/c1-4-8-27-21(24)17-11-16(12-18(13-17)22(25)28-9-5-2)19-10-15(14-23)6-7-20(19)26-3/h6-7,10-14H,4-5,8-9H2,1-3H3. The molecule has 6 nitrogen and oxygen atoms in total. The van der Waals surface area contributed by atoms with E-state index in [0.29, 0.717) is 35.3 Å². The Bertz CT molecular complexity index is 818. The van der Waals surface area contributed by atoms with Crippen LogP contribution in [0.5, 0.6) is 5.75 Å². The molecule has 0 saturated carbocycles. The molecule has 0 spiro atoms. The first-order valence-electron chi connectivity index (χ1n) is 9.16. The highest BCUT2D eigenvalue weighted by Gasteiger charge is 2.17. The van der Waals surface area contributed by atoms with Gasteiger partial charge in [-0.15, -0.1) is 0 Å². The van der Waals surface area contributed by atoms with E-state index < -0.39 is 11.9 Å². The Morgan fingerprint density at radius 1 is 0.893 bits per heavy atom. The van der Waals surface area contributed by atoms with Crippen molar-refractivity contribution in [2.75, 3.05) is 20.3 Å². The van der Waals surface area contributed by atoms with Crippen molar-refractivity contribution >= 4 is 18.2 Å². The SMILES string of the molecule is CCCOC(=O)c1cc(C(=O)OCCC)cc(-c2cc(C=O)ccc2OC)c1. The maximum Gasteiger partial charge on any atom is 0.338 e. The van der Waals surface area contributed by atoms with Gasteiger partial charge in [0.2, 0.25) is 0 Å². The Hall–Kier alpha value is -3.15. The number of carbonyl (C=O) groups is 3. The third kappa shape index (κ3) is 5.19. The van der Waals surface area contributed by atoms with Crippen molar-refractivity contribution < 1.29 is 28.6 Å². The Morgan fingerprint density at radius 2 is 1.46 bits per heavy atom. The minimum atomic E-state index is -0.529. The molecule has 0 atom stereocenters. The van der Waals surface area contributed by atoms with Gasteiger partial charge >= 0.3 is 11.9 Å². The lowest BCUT2D eigenvalue weighted by atomic mass is 9.97. The molecule has 0 N–H and O–H groups in total. The van der Waals surface area contributed by atoms with Gasteiger partial charge < -0.3 is 14.2 Å². The van der Waals surface area contributed by atoms with E-state index in [9.17, 15) is 14.4 Å². The van der Waals surface area contributed by atoms with Crippen molar-refractivity contribution in [2.24, 2.45) is 0 Å². The molecule has 2 aromatic rings. The van der Waals surface area contributed by atoms with Crippen LogP contribution in [0.1, 0.15) is 57.8 Å². The molecule has 0 saturated heterocycles. The first kappa shape index (κ1) is 21.2. The Balaban J connectivity index is 2.58. The molecule has 0 bridgehead atoms. The number of aldehydes is 1. The number of esters is 2. The Kier molecular flexibility index (Phi) is 7.75. The molecule has 148 valence electrons. The number of hydrogen-bond donors (Lipinski definition) is 0. The zero-order valence-electron chi connectivity index (χ0n) is 16.3. The summed E-state index contributed by atoms with van der Waals surface area (Å²) in [5, 5.41) is 0. The highest BCUT2D eigenvalue weighted by atomic mass is 16.5.